The second kappa shape index (κ2) is 6.88. The minimum Gasteiger partial charge on any atom is -0.340 e. The van der Waals surface area contributed by atoms with Crippen LogP contribution in [0.3, 0.4) is 0 Å². The molecule has 0 spiro atoms. The van der Waals surface area contributed by atoms with Crippen molar-refractivity contribution in [2.24, 2.45) is 0 Å². The van der Waals surface area contributed by atoms with E-state index in [2.05, 4.69) is 4.72 Å². The maximum Gasteiger partial charge on any atom is 0.279 e. The molecule has 6 nitrogen and oxygen atoms in total. The molecule has 1 aliphatic rings. The highest BCUT2D eigenvalue weighted by molar-refractivity contribution is 7.87. The molecule has 1 aliphatic heterocycles. The van der Waals surface area contributed by atoms with Crippen molar-refractivity contribution in [3.05, 3.63) is 48.0 Å². The molecule has 128 valence electrons. The summed E-state index contributed by atoms with van der Waals surface area (Å²) in [5, 5.41) is 2.27. The molecule has 1 saturated heterocycles. The van der Waals surface area contributed by atoms with Crippen LogP contribution in [0.1, 0.15) is 5.56 Å². The molecule has 0 saturated carbocycles. The van der Waals surface area contributed by atoms with Gasteiger partial charge in [0.1, 0.15) is 0 Å². The highest BCUT2D eigenvalue weighted by atomic mass is 32.2. The summed E-state index contributed by atoms with van der Waals surface area (Å²) < 4.78 is 27.2. The van der Waals surface area contributed by atoms with E-state index in [1.807, 2.05) is 42.5 Å². The molecule has 0 radical (unpaired) electrons. The van der Waals surface area contributed by atoms with Gasteiger partial charge in [-0.15, -0.1) is 0 Å². The number of nitrogens with zero attached hydrogens (tertiary/aromatic N) is 2. The maximum absolute atomic E-state index is 12.5. The first-order valence-corrected chi connectivity index (χ1v) is 9.38. The number of nitrogens with one attached hydrogen (secondary N) is 1. The van der Waals surface area contributed by atoms with Gasteiger partial charge in [-0.05, 0) is 16.3 Å². The number of rotatable bonds is 4. The second-order valence-corrected chi connectivity index (χ2v) is 7.72. The van der Waals surface area contributed by atoms with Gasteiger partial charge in [0.2, 0.25) is 5.91 Å². The lowest BCUT2D eigenvalue weighted by Gasteiger charge is -2.33. The van der Waals surface area contributed by atoms with Crippen molar-refractivity contribution in [1.29, 1.82) is 0 Å². The van der Waals surface area contributed by atoms with Gasteiger partial charge in [0.05, 0.1) is 6.42 Å². The quantitative estimate of drug-likeness (QED) is 0.897. The minimum absolute atomic E-state index is 0.0341. The topological polar surface area (TPSA) is 69.7 Å². The van der Waals surface area contributed by atoms with Crippen molar-refractivity contribution < 1.29 is 13.2 Å². The number of fused-ring (bicyclic) bond motifs is 1. The summed E-state index contributed by atoms with van der Waals surface area (Å²) >= 11 is 0. The Bertz CT molecular complexity index is 843. The highest BCUT2D eigenvalue weighted by Crippen LogP contribution is 2.17. The normalized spacial score (nSPS) is 16.5. The average Bonchev–Trinajstić information content (AvgIpc) is 2.61. The van der Waals surface area contributed by atoms with Gasteiger partial charge in [-0.3, -0.25) is 4.79 Å². The fourth-order valence-electron chi connectivity index (χ4n) is 2.94. The molecular weight excluding hydrogens is 326 g/mol. The molecule has 1 heterocycles. The summed E-state index contributed by atoms with van der Waals surface area (Å²) in [5.74, 6) is 0.0341. The fraction of sp³-hybridized carbons (Fsp3) is 0.353. The Labute approximate surface area is 142 Å². The zero-order chi connectivity index (χ0) is 17.2. The van der Waals surface area contributed by atoms with Crippen molar-refractivity contribution in [3.63, 3.8) is 0 Å². The van der Waals surface area contributed by atoms with Crippen molar-refractivity contribution in [1.82, 2.24) is 13.9 Å². The molecule has 0 atom stereocenters. The maximum atomic E-state index is 12.5. The number of carbonyl (C=O) groups is 1. The van der Waals surface area contributed by atoms with Crippen LogP contribution in [-0.4, -0.2) is 56.8 Å². The van der Waals surface area contributed by atoms with Gasteiger partial charge in [-0.2, -0.15) is 12.7 Å². The molecule has 2 aromatic rings. The number of piperazine rings is 1. The van der Waals surface area contributed by atoms with Crippen LogP contribution in [0.25, 0.3) is 10.8 Å². The molecule has 1 fully saturated rings. The van der Waals surface area contributed by atoms with Gasteiger partial charge >= 0.3 is 0 Å². The zero-order valence-electron chi connectivity index (χ0n) is 13.6. The van der Waals surface area contributed by atoms with E-state index < -0.39 is 10.2 Å². The lowest BCUT2D eigenvalue weighted by atomic mass is 10.0. The van der Waals surface area contributed by atoms with Gasteiger partial charge in [-0.25, -0.2) is 4.72 Å². The number of hydrogen-bond acceptors (Lipinski definition) is 3. The van der Waals surface area contributed by atoms with Gasteiger partial charge in [0.25, 0.3) is 10.2 Å². The van der Waals surface area contributed by atoms with Crippen LogP contribution in [0, 0.1) is 0 Å². The Morgan fingerprint density at radius 2 is 1.71 bits per heavy atom. The van der Waals surface area contributed by atoms with Crippen molar-refractivity contribution >= 4 is 26.9 Å². The Morgan fingerprint density at radius 3 is 2.38 bits per heavy atom. The van der Waals surface area contributed by atoms with Crippen LogP contribution >= 0.6 is 0 Å². The third kappa shape index (κ3) is 3.58. The molecular formula is C17H21N3O3S. The van der Waals surface area contributed by atoms with Gasteiger partial charge < -0.3 is 4.90 Å². The van der Waals surface area contributed by atoms with E-state index in [1.165, 1.54) is 11.4 Å². The van der Waals surface area contributed by atoms with Gasteiger partial charge in [0, 0.05) is 33.2 Å². The van der Waals surface area contributed by atoms with E-state index in [1.54, 1.807) is 4.90 Å². The average molecular weight is 347 g/mol. The molecule has 0 aromatic heterocycles. The first kappa shape index (κ1) is 16.9. The fourth-order valence-corrected chi connectivity index (χ4v) is 3.84. The third-order valence-electron chi connectivity index (χ3n) is 4.36. The molecule has 1 N–H and O–H groups in total. The Kier molecular flexibility index (Phi) is 4.84. The lowest BCUT2D eigenvalue weighted by Crippen LogP contribution is -2.53. The minimum atomic E-state index is -3.41. The van der Waals surface area contributed by atoms with Crippen molar-refractivity contribution in [2.75, 3.05) is 33.2 Å². The molecule has 3 rings (SSSR count). The number of carbonyl (C=O) groups excluding carboxylic acids is 1. The molecule has 2 aromatic carbocycles. The second-order valence-electron chi connectivity index (χ2n) is 5.85. The highest BCUT2D eigenvalue weighted by Gasteiger charge is 2.27. The lowest BCUT2D eigenvalue weighted by molar-refractivity contribution is -0.131. The Morgan fingerprint density at radius 1 is 1.04 bits per heavy atom. The van der Waals surface area contributed by atoms with E-state index in [9.17, 15) is 13.2 Å². The Hall–Kier alpha value is -1.96. The molecule has 1 amide bonds. The smallest absolute Gasteiger partial charge is 0.279 e. The zero-order valence-corrected chi connectivity index (χ0v) is 14.4. The summed E-state index contributed by atoms with van der Waals surface area (Å²) in [7, 11) is -2.01. The summed E-state index contributed by atoms with van der Waals surface area (Å²) in [6.07, 6.45) is 0.337. The number of amides is 1. The van der Waals surface area contributed by atoms with Crippen LogP contribution in [0.2, 0.25) is 0 Å². The van der Waals surface area contributed by atoms with Crippen molar-refractivity contribution in [3.8, 4) is 0 Å². The Balaban J connectivity index is 1.63. The standard InChI is InChI=1S/C17H21N3O3S/c1-18-24(22,23)20-10-8-19(9-11-20)17(21)13-14-6-7-15-4-2-3-5-16(15)12-14/h2-7,12,18H,8-11,13H2,1H3. The summed E-state index contributed by atoms with van der Waals surface area (Å²) in [4.78, 5) is 14.2. The summed E-state index contributed by atoms with van der Waals surface area (Å²) in [5.41, 5.74) is 0.976. The molecule has 24 heavy (non-hydrogen) atoms. The first-order chi connectivity index (χ1) is 11.5. The van der Waals surface area contributed by atoms with E-state index in [0.29, 0.717) is 32.6 Å². The van der Waals surface area contributed by atoms with Crippen LogP contribution in [-0.2, 0) is 21.4 Å². The molecule has 0 bridgehead atoms. The van der Waals surface area contributed by atoms with Gasteiger partial charge in [-0.1, -0.05) is 42.5 Å². The van der Waals surface area contributed by atoms with Crippen LogP contribution < -0.4 is 4.72 Å². The van der Waals surface area contributed by atoms with Gasteiger partial charge in [0.15, 0.2) is 0 Å². The van der Waals surface area contributed by atoms with E-state index >= 15 is 0 Å². The van der Waals surface area contributed by atoms with Crippen LogP contribution in [0.5, 0.6) is 0 Å². The first-order valence-electron chi connectivity index (χ1n) is 7.94. The summed E-state index contributed by atoms with van der Waals surface area (Å²) in [6, 6.07) is 14.1. The number of hydrogen-bond donors (Lipinski definition) is 1. The van der Waals surface area contributed by atoms with Crippen LogP contribution in [0.15, 0.2) is 42.5 Å². The monoisotopic (exact) mass is 347 g/mol. The van der Waals surface area contributed by atoms with E-state index in [-0.39, 0.29) is 5.91 Å². The van der Waals surface area contributed by atoms with Crippen LogP contribution in [0.4, 0.5) is 0 Å². The molecule has 7 heteroatoms. The largest absolute Gasteiger partial charge is 0.340 e. The van der Waals surface area contributed by atoms with E-state index in [4.69, 9.17) is 0 Å². The van der Waals surface area contributed by atoms with Crippen molar-refractivity contribution in [2.45, 2.75) is 6.42 Å². The molecule has 0 aliphatic carbocycles. The third-order valence-corrected chi connectivity index (χ3v) is 5.92. The summed E-state index contributed by atoms with van der Waals surface area (Å²) in [6.45, 7) is 1.50. The SMILES string of the molecule is CNS(=O)(=O)N1CCN(C(=O)Cc2ccc3ccccc3c2)CC1. The van der Waals surface area contributed by atoms with E-state index in [0.717, 1.165) is 16.3 Å². The predicted octanol–water partition coefficient (Wildman–Crippen LogP) is 0.991. The predicted molar refractivity (Wildman–Crippen MR) is 93.8 cm³/mol. The molecule has 0 unspecified atom stereocenters. The number of benzene rings is 2.